The first-order valence-corrected chi connectivity index (χ1v) is 6.51. The highest BCUT2D eigenvalue weighted by Crippen LogP contribution is 2.29. The van der Waals surface area contributed by atoms with Crippen molar-refractivity contribution in [3.63, 3.8) is 0 Å². The number of carbonyl (C=O) groups is 1. The van der Waals surface area contributed by atoms with Crippen molar-refractivity contribution in [3.05, 3.63) is 34.9 Å². The van der Waals surface area contributed by atoms with Gasteiger partial charge in [-0.05, 0) is 23.8 Å². The Morgan fingerprint density at radius 2 is 1.95 bits per heavy atom. The van der Waals surface area contributed by atoms with Crippen molar-refractivity contribution < 1.29 is 35.7 Å². The number of hydrogen-bond acceptors (Lipinski definition) is 5. The molecule has 10 heteroatoms. The van der Waals surface area contributed by atoms with E-state index in [0.29, 0.717) is 6.08 Å². The normalized spacial score (nSPS) is 12.6. The molecule has 0 N–H and O–H groups in total. The molecule has 0 unspecified atom stereocenters. The van der Waals surface area contributed by atoms with Gasteiger partial charge in [0.15, 0.2) is 0 Å². The monoisotopic (exact) mass is 329 g/mol. The number of rotatable bonds is 4. The van der Waals surface area contributed by atoms with Gasteiger partial charge in [0.1, 0.15) is 5.75 Å². The summed E-state index contributed by atoms with van der Waals surface area (Å²) in [5.74, 6) is -2.15. The Balaban J connectivity index is 3.03. The van der Waals surface area contributed by atoms with Gasteiger partial charge in [0, 0.05) is 6.07 Å². The van der Waals surface area contributed by atoms with Crippen LogP contribution >= 0.6 is 11.6 Å². The molecular formula is C10H5ClF3O5S-. The molecule has 0 aromatic heterocycles. The zero-order valence-electron chi connectivity index (χ0n) is 9.35. The van der Waals surface area contributed by atoms with Gasteiger partial charge < -0.3 is 14.1 Å². The van der Waals surface area contributed by atoms with E-state index in [1.165, 1.54) is 0 Å². The molecule has 0 atom stereocenters. The highest BCUT2D eigenvalue weighted by Gasteiger charge is 2.48. The first-order chi connectivity index (χ1) is 9.03. The lowest BCUT2D eigenvalue weighted by molar-refractivity contribution is -0.297. The van der Waals surface area contributed by atoms with Gasteiger partial charge in [-0.2, -0.15) is 21.6 Å². The van der Waals surface area contributed by atoms with Crippen LogP contribution in [-0.2, 0) is 14.9 Å². The minimum Gasteiger partial charge on any atom is -0.545 e. The van der Waals surface area contributed by atoms with E-state index in [0.717, 1.165) is 24.3 Å². The van der Waals surface area contributed by atoms with Crippen LogP contribution in [0.25, 0.3) is 6.08 Å². The van der Waals surface area contributed by atoms with Gasteiger partial charge in [0.25, 0.3) is 0 Å². The number of carboxylic acid groups (broad SMARTS) is 1. The fraction of sp³-hybridized carbons (Fsp3) is 0.100. The lowest BCUT2D eigenvalue weighted by Gasteiger charge is -2.10. The summed E-state index contributed by atoms with van der Waals surface area (Å²) < 4.78 is 61.6. The molecule has 0 radical (unpaired) electrons. The van der Waals surface area contributed by atoms with Gasteiger partial charge in [-0.15, -0.1) is 0 Å². The third-order valence-electron chi connectivity index (χ3n) is 1.86. The highest BCUT2D eigenvalue weighted by atomic mass is 35.5. The van der Waals surface area contributed by atoms with Crippen molar-refractivity contribution in [2.75, 3.05) is 0 Å². The van der Waals surface area contributed by atoms with E-state index >= 15 is 0 Å². The number of aliphatic carboxylic acids is 1. The fourth-order valence-electron chi connectivity index (χ4n) is 1.03. The van der Waals surface area contributed by atoms with Crippen molar-refractivity contribution in [3.8, 4) is 5.75 Å². The Morgan fingerprint density at radius 1 is 1.35 bits per heavy atom. The standard InChI is InChI=1S/C10H6ClF3O5S/c11-8-5-7(19-20(17,18)10(12,13)14)3-1-6(8)2-4-9(15)16/h1-5H,(H,15,16)/p-1/b4-2+. The largest absolute Gasteiger partial charge is 0.545 e. The first-order valence-electron chi connectivity index (χ1n) is 4.72. The summed E-state index contributed by atoms with van der Waals surface area (Å²) in [4.78, 5) is 10.2. The predicted molar refractivity (Wildman–Crippen MR) is 61.1 cm³/mol. The molecule has 1 aromatic rings. The molecule has 110 valence electrons. The summed E-state index contributed by atoms with van der Waals surface area (Å²) in [6.45, 7) is 0. The molecule has 0 saturated heterocycles. The summed E-state index contributed by atoms with van der Waals surface area (Å²) in [7, 11) is -5.79. The molecule has 0 amide bonds. The Bertz CT molecular complexity index is 651. The minimum atomic E-state index is -5.79. The van der Waals surface area contributed by atoms with Crippen LogP contribution in [0.3, 0.4) is 0 Å². The molecule has 0 bridgehead atoms. The van der Waals surface area contributed by atoms with Gasteiger partial charge in [-0.25, -0.2) is 0 Å². The molecule has 0 heterocycles. The second kappa shape index (κ2) is 5.71. The second-order valence-electron chi connectivity index (χ2n) is 3.32. The molecule has 0 aliphatic rings. The quantitative estimate of drug-likeness (QED) is 0.473. The van der Waals surface area contributed by atoms with Crippen molar-refractivity contribution in [2.45, 2.75) is 5.51 Å². The SMILES string of the molecule is O=C([O-])/C=C/c1ccc(OS(=O)(=O)C(F)(F)F)cc1Cl. The third-order valence-corrected chi connectivity index (χ3v) is 3.17. The van der Waals surface area contributed by atoms with Crippen LogP contribution in [0, 0.1) is 0 Å². The van der Waals surface area contributed by atoms with E-state index < -0.39 is 27.3 Å². The summed E-state index contributed by atoms with van der Waals surface area (Å²) in [5, 5.41) is 9.98. The summed E-state index contributed by atoms with van der Waals surface area (Å²) in [6, 6.07) is 2.78. The van der Waals surface area contributed by atoms with Crippen molar-refractivity contribution in [2.24, 2.45) is 0 Å². The zero-order chi connectivity index (χ0) is 15.6. The van der Waals surface area contributed by atoms with E-state index in [2.05, 4.69) is 4.18 Å². The number of benzene rings is 1. The molecule has 0 spiro atoms. The predicted octanol–water partition coefficient (Wildman–Crippen LogP) is 1.33. The Hall–Kier alpha value is -1.74. The van der Waals surface area contributed by atoms with E-state index in [1.54, 1.807) is 0 Å². The smallest absolute Gasteiger partial charge is 0.534 e. The van der Waals surface area contributed by atoms with Crippen LogP contribution in [0.1, 0.15) is 5.56 Å². The second-order valence-corrected chi connectivity index (χ2v) is 5.26. The zero-order valence-corrected chi connectivity index (χ0v) is 10.9. The Labute approximate surface area is 116 Å². The molecular weight excluding hydrogens is 325 g/mol. The minimum absolute atomic E-state index is 0.132. The molecule has 0 saturated carbocycles. The van der Waals surface area contributed by atoms with Crippen LogP contribution in [0.5, 0.6) is 5.75 Å². The average Bonchev–Trinajstić information content (AvgIpc) is 2.25. The number of hydrogen-bond donors (Lipinski definition) is 0. The maximum absolute atomic E-state index is 12.1. The van der Waals surface area contributed by atoms with Crippen molar-refractivity contribution in [1.82, 2.24) is 0 Å². The fourth-order valence-corrected chi connectivity index (χ4v) is 1.71. The lowest BCUT2D eigenvalue weighted by Crippen LogP contribution is -2.28. The highest BCUT2D eigenvalue weighted by molar-refractivity contribution is 7.88. The van der Waals surface area contributed by atoms with Crippen LogP contribution in [-0.4, -0.2) is 19.9 Å². The van der Waals surface area contributed by atoms with E-state index in [1.807, 2.05) is 0 Å². The maximum atomic E-state index is 12.1. The summed E-state index contributed by atoms with van der Waals surface area (Å²) >= 11 is 5.64. The van der Waals surface area contributed by atoms with Gasteiger partial charge in [0.05, 0.1) is 11.0 Å². The number of carbonyl (C=O) groups excluding carboxylic acids is 1. The van der Waals surface area contributed by atoms with E-state index in [4.69, 9.17) is 11.6 Å². The Kier molecular flexibility index (Phi) is 4.66. The topological polar surface area (TPSA) is 83.5 Å². The Morgan fingerprint density at radius 3 is 2.40 bits per heavy atom. The van der Waals surface area contributed by atoms with Gasteiger partial charge in [-0.1, -0.05) is 17.7 Å². The summed E-state index contributed by atoms with van der Waals surface area (Å²) in [5.41, 5.74) is -5.43. The van der Waals surface area contributed by atoms with Gasteiger partial charge >= 0.3 is 15.6 Å². The van der Waals surface area contributed by atoms with E-state index in [9.17, 15) is 31.5 Å². The van der Waals surface area contributed by atoms with Crippen LogP contribution < -0.4 is 9.29 Å². The number of carboxylic acids is 1. The molecule has 0 fully saturated rings. The molecule has 0 aliphatic carbocycles. The molecule has 1 aromatic carbocycles. The van der Waals surface area contributed by atoms with Crippen molar-refractivity contribution >= 4 is 33.8 Å². The first kappa shape index (κ1) is 16.3. The van der Waals surface area contributed by atoms with Crippen LogP contribution in [0.15, 0.2) is 24.3 Å². The average molecular weight is 330 g/mol. The van der Waals surface area contributed by atoms with Crippen molar-refractivity contribution in [1.29, 1.82) is 0 Å². The third kappa shape index (κ3) is 4.14. The lowest BCUT2D eigenvalue weighted by atomic mass is 10.2. The van der Waals surface area contributed by atoms with Gasteiger partial charge in [0.2, 0.25) is 0 Å². The van der Waals surface area contributed by atoms with Gasteiger partial charge in [-0.3, -0.25) is 0 Å². The number of halogens is 4. The molecule has 0 aliphatic heterocycles. The van der Waals surface area contributed by atoms with Crippen LogP contribution in [0.2, 0.25) is 5.02 Å². The van der Waals surface area contributed by atoms with Crippen LogP contribution in [0.4, 0.5) is 13.2 Å². The maximum Gasteiger partial charge on any atom is 0.534 e. The summed E-state index contributed by atoms with van der Waals surface area (Å²) in [6.07, 6.45) is 1.67. The number of alkyl halides is 3. The van der Waals surface area contributed by atoms with E-state index in [-0.39, 0.29) is 10.6 Å². The molecule has 5 nitrogen and oxygen atoms in total. The molecule has 1 rings (SSSR count). The molecule has 20 heavy (non-hydrogen) atoms.